The first-order valence-electron chi connectivity index (χ1n) is 10.6. The molecule has 0 spiro atoms. The number of hydrogen-bond donors (Lipinski definition) is 1. The number of nitrogens with one attached hydrogen (secondary N) is 1. The third-order valence-electron chi connectivity index (χ3n) is 5.64. The molecular formula is C27H26N2O4. The number of nitrogens with zero attached hydrogens (tertiary/aromatic N) is 1. The van der Waals surface area contributed by atoms with Gasteiger partial charge in [-0.05, 0) is 37.1 Å². The van der Waals surface area contributed by atoms with Gasteiger partial charge in [0, 0.05) is 6.07 Å². The van der Waals surface area contributed by atoms with E-state index in [2.05, 4.69) is 5.32 Å². The molecule has 4 rings (SSSR count). The molecule has 1 aliphatic rings. The molecule has 0 aliphatic carbocycles. The first-order chi connectivity index (χ1) is 15.9. The van der Waals surface area contributed by atoms with Crippen molar-refractivity contribution in [1.82, 2.24) is 4.90 Å². The van der Waals surface area contributed by atoms with Crippen LogP contribution in [-0.2, 0) is 16.1 Å². The third-order valence-corrected chi connectivity index (χ3v) is 5.64. The molecule has 0 fully saturated rings. The molecule has 0 aromatic heterocycles. The van der Waals surface area contributed by atoms with Crippen LogP contribution in [0.2, 0.25) is 0 Å². The van der Waals surface area contributed by atoms with Gasteiger partial charge in [0.25, 0.3) is 11.8 Å². The summed E-state index contributed by atoms with van der Waals surface area (Å²) < 4.78 is 10.7. The monoisotopic (exact) mass is 442 g/mol. The lowest BCUT2D eigenvalue weighted by Gasteiger charge is -2.16. The largest absolute Gasteiger partial charge is 0.497 e. The van der Waals surface area contributed by atoms with Gasteiger partial charge in [0.05, 0.1) is 32.0 Å². The van der Waals surface area contributed by atoms with E-state index in [1.54, 1.807) is 32.4 Å². The van der Waals surface area contributed by atoms with E-state index in [1.165, 1.54) is 4.90 Å². The van der Waals surface area contributed by atoms with Crippen molar-refractivity contribution in [3.63, 3.8) is 0 Å². The molecular weight excluding hydrogens is 416 g/mol. The van der Waals surface area contributed by atoms with E-state index in [4.69, 9.17) is 9.47 Å². The lowest BCUT2D eigenvalue weighted by molar-refractivity contribution is -0.137. The molecule has 0 atom stereocenters. The quantitative estimate of drug-likeness (QED) is 0.537. The lowest BCUT2D eigenvalue weighted by atomic mass is 10.0. The number of hydrogen-bond acceptors (Lipinski definition) is 5. The summed E-state index contributed by atoms with van der Waals surface area (Å²) in [4.78, 5) is 28.2. The van der Waals surface area contributed by atoms with Gasteiger partial charge >= 0.3 is 0 Å². The summed E-state index contributed by atoms with van der Waals surface area (Å²) in [6.07, 6.45) is 0. The second-order valence-electron chi connectivity index (χ2n) is 7.99. The van der Waals surface area contributed by atoms with Crippen LogP contribution in [0.4, 0.5) is 5.69 Å². The topological polar surface area (TPSA) is 67.9 Å². The Morgan fingerprint density at radius 3 is 2.03 bits per heavy atom. The van der Waals surface area contributed by atoms with E-state index < -0.39 is 0 Å². The second-order valence-corrected chi connectivity index (χ2v) is 7.99. The number of imide groups is 1. The average molecular weight is 443 g/mol. The van der Waals surface area contributed by atoms with Crippen LogP contribution in [-0.4, -0.2) is 30.9 Å². The van der Waals surface area contributed by atoms with E-state index >= 15 is 0 Å². The van der Waals surface area contributed by atoms with Gasteiger partial charge in [0.15, 0.2) is 0 Å². The summed E-state index contributed by atoms with van der Waals surface area (Å²) in [6, 6.07) is 20.6. The first kappa shape index (κ1) is 22.1. The van der Waals surface area contributed by atoms with Crippen LogP contribution in [0.1, 0.15) is 22.3 Å². The van der Waals surface area contributed by atoms with Crippen molar-refractivity contribution in [3.8, 4) is 11.5 Å². The van der Waals surface area contributed by atoms with E-state index in [0.717, 1.165) is 16.7 Å². The highest BCUT2D eigenvalue weighted by atomic mass is 16.5. The zero-order valence-corrected chi connectivity index (χ0v) is 19.1. The van der Waals surface area contributed by atoms with Gasteiger partial charge in [-0.25, -0.2) is 0 Å². The van der Waals surface area contributed by atoms with Crippen molar-refractivity contribution < 1.29 is 19.1 Å². The predicted molar refractivity (Wildman–Crippen MR) is 128 cm³/mol. The van der Waals surface area contributed by atoms with Crippen LogP contribution in [0.15, 0.2) is 72.4 Å². The van der Waals surface area contributed by atoms with Gasteiger partial charge < -0.3 is 14.8 Å². The van der Waals surface area contributed by atoms with Gasteiger partial charge in [-0.15, -0.1) is 0 Å². The Morgan fingerprint density at radius 2 is 1.42 bits per heavy atom. The van der Waals surface area contributed by atoms with Gasteiger partial charge in [-0.3, -0.25) is 14.5 Å². The molecule has 168 valence electrons. The fourth-order valence-electron chi connectivity index (χ4n) is 3.74. The van der Waals surface area contributed by atoms with Gasteiger partial charge in [-0.2, -0.15) is 0 Å². The Hall–Kier alpha value is -4.06. The highest BCUT2D eigenvalue weighted by Crippen LogP contribution is 2.35. The molecule has 2 amide bonds. The Labute approximate surface area is 193 Å². The second kappa shape index (κ2) is 9.20. The molecule has 1 aliphatic heterocycles. The zero-order valence-electron chi connectivity index (χ0n) is 19.1. The van der Waals surface area contributed by atoms with Crippen LogP contribution in [0.3, 0.4) is 0 Å². The highest BCUT2D eigenvalue weighted by molar-refractivity contribution is 6.36. The summed E-state index contributed by atoms with van der Waals surface area (Å²) in [7, 11) is 3.11. The number of anilines is 1. The maximum Gasteiger partial charge on any atom is 0.278 e. The van der Waals surface area contributed by atoms with E-state index in [1.807, 2.05) is 62.4 Å². The molecule has 0 unspecified atom stereocenters. The standard InChI is InChI=1S/C27H26N2O4/c1-17-5-9-19(10-6-17)16-29-26(30)24(20-11-7-18(2)8-12-20)25(27(29)31)28-22-14-13-21(32-3)15-23(22)33-4/h5-15,28H,16H2,1-4H3. The Bertz CT molecular complexity index is 1230. The minimum atomic E-state index is -0.381. The van der Waals surface area contributed by atoms with Crippen molar-refractivity contribution in [3.05, 3.63) is 94.7 Å². The summed E-state index contributed by atoms with van der Waals surface area (Å²) in [5.74, 6) is 0.413. The van der Waals surface area contributed by atoms with Crippen molar-refractivity contribution in [2.24, 2.45) is 0 Å². The fraction of sp³-hybridized carbons (Fsp3) is 0.185. The van der Waals surface area contributed by atoms with E-state index in [-0.39, 0.29) is 24.1 Å². The van der Waals surface area contributed by atoms with Crippen molar-refractivity contribution >= 4 is 23.1 Å². The molecule has 33 heavy (non-hydrogen) atoms. The number of ether oxygens (including phenoxy) is 2. The zero-order chi connectivity index (χ0) is 23.5. The number of rotatable bonds is 7. The lowest BCUT2D eigenvalue weighted by Crippen LogP contribution is -2.32. The number of benzene rings is 3. The van der Waals surface area contributed by atoms with Crippen molar-refractivity contribution in [2.75, 3.05) is 19.5 Å². The molecule has 0 bridgehead atoms. The molecule has 0 saturated heterocycles. The molecule has 0 radical (unpaired) electrons. The van der Waals surface area contributed by atoms with Crippen LogP contribution in [0.25, 0.3) is 5.57 Å². The number of carbonyl (C=O) groups excluding carboxylic acids is 2. The van der Waals surface area contributed by atoms with Crippen LogP contribution >= 0.6 is 0 Å². The maximum absolute atomic E-state index is 13.5. The SMILES string of the molecule is COc1ccc(NC2=C(c3ccc(C)cc3)C(=O)N(Cc3ccc(C)cc3)C2=O)c(OC)c1. The molecule has 3 aromatic carbocycles. The summed E-state index contributed by atoms with van der Waals surface area (Å²) in [6.45, 7) is 4.17. The van der Waals surface area contributed by atoms with Gasteiger partial charge in [0.2, 0.25) is 0 Å². The minimum Gasteiger partial charge on any atom is -0.497 e. The molecule has 3 aromatic rings. The van der Waals surface area contributed by atoms with Gasteiger partial charge in [-0.1, -0.05) is 59.7 Å². The van der Waals surface area contributed by atoms with E-state index in [0.29, 0.717) is 28.3 Å². The molecule has 6 heteroatoms. The summed E-state index contributed by atoms with van der Waals surface area (Å²) in [5.41, 5.74) is 4.87. The normalized spacial score (nSPS) is 13.5. The Kier molecular flexibility index (Phi) is 6.18. The maximum atomic E-state index is 13.5. The minimum absolute atomic E-state index is 0.193. The number of carbonyl (C=O) groups is 2. The molecule has 1 heterocycles. The van der Waals surface area contributed by atoms with Crippen molar-refractivity contribution in [1.29, 1.82) is 0 Å². The summed E-state index contributed by atoms with van der Waals surface area (Å²) >= 11 is 0. The smallest absolute Gasteiger partial charge is 0.278 e. The molecule has 0 saturated carbocycles. The van der Waals surface area contributed by atoms with Crippen molar-refractivity contribution in [2.45, 2.75) is 20.4 Å². The Balaban J connectivity index is 1.75. The fourth-order valence-corrected chi connectivity index (χ4v) is 3.74. The average Bonchev–Trinajstić information content (AvgIpc) is 3.05. The van der Waals surface area contributed by atoms with E-state index in [9.17, 15) is 9.59 Å². The van der Waals surface area contributed by atoms with Crippen LogP contribution in [0.5, 0.6) is 11.5 Å². The highest BCUT2D eigenvalue weighted by Gasteiger charge is 2.39. The summed E-state index contributed by atoms with van der Waals surface area (Å²) in [5, 5.41) is 3.17. The Morgan fingerprint density at radius 1 is 0.788 bits per heavy atom. The number of methoxy groups -OCH3 is 2. The first-order valence-corrected chi connectivity index (χ1v) is 10.6. The number of aryl methyl sites for hydroxylation is 2. The predicted octanol–water partition coefficient (Wildman–Crippen LogP) is 4.71. The molecule has 6 nitrogen and oxygen atoms in total. The number of amides is 2. The van der Waals surface area contributed by atoms with Crippen LogP contribution < -0.4 is 14.8 Å². The van der Waals surface area contributed by atoms with Gasteiger partial charge in [0.1, 0.15) is 17.2 Å². The van der Waals surface area contributed by atoms with Crippen LogP contribution in [0, 0.1) is 13.8 Å². The third kappa shape index (κ3) is 4.46. The molecule has 1 N–H and O–H groups in total.